The lowest BCUT2D eigenvalue weighted by Crippen LogP contribution is -2.19. The number of hydrogen-bond acceptors (Lipinski definition) is 7. The van der Waals surface area contributed by atoms with Crippen LogP contribution in [0.15, 0.2) is 84.0 Å². The van der Waals surface area contributed by atoms with E-state index >= 15 is 0 Å². The monoisotopic (exact) mass is 645 g/mol. The van der Waals surface area contributed by atoms with Gasteiger partial charge in [0, 0.05) is 32.1 Å². The molecule has 1 aromatic heterocycles. The number of H-pyrrole nitrogens is 1. The van der Waals surface area contributed by atoms with Crippen LogP contribution in [0.2, 0.25) is 10.0 Å². The number of carbonyl (C=O) groups is 2. The molecule has 11 heteroatoms. The molecule has 0 bridgehead atoms. The molecular weight excluding hydrogens is 617 g/mol. The predicted molar refractivity (Wildman–Crippen MR) is 176 cm³/mol. The zero-order valence-electron chi connectivity index (χ0n) is 24.6. The molecule has 2 N–H and O–H groups in total. The number of fused-ring (bicyclic) bond motifs is 1. The second-order valence-corrected chi connectivity index (χ2v) is 10.4. The molecule has 0 aliphatic heterocycles. The van der Waals surface area contributed by atoms with Gasteiger partial charge in [-0.2, -0.15) is 5.10 Å². The Hall–Kier alpha value is -4.99. The van der Waals surface area contributed by atoms with Gasteiger partial charge in [-0.05, 0) is 80.1 Å². The van der Waals surface area contributed by atoms with E-state index in [-0.39, 0.29) is 17.0 Å². The number of ether oxygens (including phenoxy) is 4. The van der Waals surface area contributed by atoms with E-state index in [0.717, 1.165) is 10.9 Å². The quantitative estimate of drug-likeness (QED) is 0.0653. The van der Waals surface area contributed by atoms with Crippen LogP contribution in [-0.4, -0.2) is 43.4 Å². The van der Waals surface area contributed by atoms with E-state index < -0.39 is 11.9 Å². The van der Waals surface area contributed by atoms with Crippen LogP contribution < -0.4 is 24.4 Å². The zero-order valence-corrected chi connectivity index (χ0v) is 26.2. The van der Waals surface area contributed by atoms with Gasteiger partial charge in [0.2, 0.25) is 0 Å². The second-order valence-electron chi connectivity index (χ2n) is 9.57. The number of benzene rings is 4. The number of aromatic nitrogens is 1. The van der Waals surface area contributed by atoms with E-state index in [4.69, 9.17) is 42.1 Å². The van der Waals surface area contributed by atoms with Crippen molar-refractivity contribution in [3.63, 3.8) is 0 Å². The number of carbonyl (C=O) groups excluding carboxylic acids is 2. The topological polar surface area (TPSA) is 111 Å². The van der Waals surface area contributed by atoms with Gasteiger partial charge in [0.1, 0.15) is 22.8 Å². The molecule has 4 aromatic carbocycles. The number of nitrogens with zero attached hydrogens (tertiary/aromatic N) is 1. The highest BCUT2D eigenvalue weighted by Crippen LogP contribution is 2.38. The number of hydrogen-bond donors (Lipinski definition) is 2. The molecule has 0 atom stereocenters. The molecular formula is C34H29Cl2N3O6. The minimum absolute atomic E-state index is 0.169. The Morgan fingerprint density at radius 1 is 0.889 bits per heavy atom. The molecule has 1 heterocycles. The molecule has 0 unspecified atom stereocenters. The van der Waals surface area contributed by atoms with Gasteiger partial charge in [-0.3, -0.25) is 4.79 Å². The van der Waals surface area contributed by atoms with Crippen LogP contribution in [-0.2, 0) is 0 Å². The summed E-state index contributed by atoms with van der Waals surface area (Å²) in [4.78, 5) is 29.6. The first kappa shape index (κ1) is 31.4. The fourth-order valence-corrected chi connectivity index (χ4v) is 5.12. The first-order chi connectivity index (χ1) is 21.8. The Bertz CT molecular complexity index is 1900. The number of rotatable bonds is 11. The summed E-state index contributed by atoms with van der Waals surface area (Å²) in [7, 11) is 1.45. The third kappa shape index (κ3) is 7.06. The van der Waals surface area contributed by atoms with E-state index in [1.54, 1.807) is 43.3 Å². The number of methoxy groups -OCH3 is 1. The Labute approximate surface area is 269 Å². The molecule has 0 saturated carbocycles. The number of aromatic amines is 1. The summed E-state index contributed by atoms with van der Waals surface area (Å²) in [5.41, 5.74) is 5.69. The average molecular weight is 647 g/mol. The van der Waals surface area contributed by atoms with Crippen molar-refractivity contribution in [2.45, 2.75) is 13.8 Å². The largest absolute Gasteiger partial charge is 0.496 e. The maximum atomic E-state index is 13.4. The van der Waals surface area contributed by atoms with Crippen molar-refractivity contribution >= 4 is 52.2 Å². The third-order valence-corrected chi connectivity index (χ3v) is 7.25. The van der Waals surface area contributed by atoms with Crippen molar-refractivity contribution in [3.05, 3.63) is 106 Å². The molecule has 0 aliphatic rings. The number of nitrogens with one attached hydrogen (secondary N) is 2. The van der Waals surface area contributed by atoms with Crippen LogP contribution in [0.4, 0.5) is 0 Å². The van der Waals surface area contributed by atoms with Crippen LogP contribution in [0.3, 0.4) is 0 Å². The molecule has 0 fully saturated rings. The van der Waals surface area contributed by atoms with E-state index in [0.29, 0.717) is 57.2 Å². The third-order valence-electron chi connectivity index (χ3n) is 6.68. The molecule has 9 nitrogen and oxygen atoms in total. The Morgan fingerprint density at radius 2 is 1.67 bits per heavy atom. The first-order valence-corrected chi connectivity index (χ1v) is 14.8. The maximum absolute atomic E-state index is 13.4. The highest BCUT2D eigenvalue weighted by molar-refractivity contribution is 6.34. The number of halogens is 2. The van der Waals surface area contributed by atoms with E-state index in [9.17, 15) is 9.59 Å². The van der Waals surface area contributed by atoms with Crippen molar-refractivity contribution in [1.82, 2.24) is 10.4 Å². The molecule has 45 heavy (non-hydrogen) atoms. The predicted octanol–water partition coefficient (Wildman–Crippen LogP) is 7.93. The van der Waals surface area contributed by atoms with Gasteiger partial charge in [-0.25, -0.2) is 10.2 Å². The fourth-order valence-electron chi connectivity index (χ4n) is 4.71. The smallest absolute Gasteiger partial charge is 0.347 e. The van der Waals surface area contributed by atoms with Gasteiger partial charge in [0.25, 0.3) is 5.91 Å². The molecule has 5 aromatic rings. The van der Waals surface area contributed by atoms with Crippen LogP contribution >= 0.6 is 23.2 Å². The number of esters is 1. The van der Waals surface area contributed by atoms with Crippen molar-refractivity contribution in [2.75, 3.05) is 20.3 Å². The summed E-state index contributed by atoms with van der Waals surface area (Å²) in [5, 5.41) is 5.81. The molecule has 0 radical (unpaired) electrons. The van der Waals surface area contributed by atoms with Crippen LogP contribution in [0.5, 0.6) is 23.0 Å². The van der Waals surface area contributed by atoms with Crippen LogP contribution in [0.25, 0.3) is 22.0 Å². The summed E-state index contributed by atoms with van der Waals surface area (Å²) < 4.78 is 22.3. The molecule has 230 valence electrons. The van der Waals surface area contributed by atoms with Crippen molar-refractivity contribution in [3.8, 4) is 34.1 Å². The Kier molecular flexibility index (Phi) is 9.92. The average Bonchev–Trinajstić information content (AvgIpc) is 3.41. The minimum atomic E-state index is -0.662. The summed E-state index contributed by atoms with van der Waals surface area (Å²) >= 11 is 12.6. The van der Waals surface area contributed by atoms with Gasteiger partial charge < -0.3 is 23.9 Å². The Morgan fingerprint density at radius 3 is 2.42 bits per heavy atom. The lowest BCUT2D eigenvalue weighted by atomic mass is 10.0. The second kappa shape index (κ2) is 14.2. The molecule has 0 spiro atoms. The lowest BCUT2D eigenvalue weighted by Gasteiger charge is -2.13. The lowest BCUT2D eigenvalue weighted by molar-refractivity contribution is 0.0724. The summed E-state index contributed by atoms with van der Waals surface area (Å²) in [6.45, 7) is 4.53. The standard InChI is InChI=1S/C34H29Cl2N3O6/c1-4-43-22-12-13-27-24(18-22)31(23-8-6-7-9-26(23)36)32(38-27)33(40)39-37-19-20-10-14-29(30(16-20)44-5-2)45-34(41)25-17-21(35)11-15-28(25)42-3/h6-19,38H,4-5H2,1-3H3,(H,39,40). The van der Waals surface area contributed by atoms with Crippen LogP contribution in [0, 0.1) is 0 Å². The van der Waals surface area contributed by atoms with E-state index in [1.807, 2.05) is 43.3 Å². The van der Waals surface area contributed by atoms with Gasteiger partial charge in [-0.15, -0.1) is 0 Å². The van der Waals surface area contributed by atoms with Crippen LogP contribution in [0.1, 0.15) is 40.3 Å². The van der Waals surface area contributed by atoms with Gasteiger partial charge >= 0.3 is 5.97 Å². The van der Waals surface area contributed by atoms with Crippen molar-refractivity contribution < 1.29 is 28.5 Å². The zero-order chi connectivity index (χ0) is 31.9. The Balaban J connectivity index is 1.39. The molecule has 1 amide bonds. The summed E-state index contributed by atoms with van der Waals surface area (Å²) in [6.07, 6.45) is 1.46. The van der Waals surface area contributed by atoms with Gasteiger partial charge in [0.05, 0.1) is 26.5 Å². The highest BCUT2D eigenvalue weighted by atomic mass is 35.5. The van der Waals surface area contributed by atoms with E-state index in [2.05, 4.69) is 15.5 Å². The molecule has 5 rings (SSSR count). The fraction of sp³-hybridized carbons (Fsp3) is 0.147. The van der Waals surface area contributed by atoms with E-state index in [1.165, 1.54) is 19.4 Å². The number of hydrazone groups is 1. The van der Waals surface area contributed by atoms with Gasteiger partial charge in [-0.1, -0.05) is 41.4 Å². The van der Waals surface area contributed by atoms with Gasteiger partial charge in [0.15, 0.2) is 11.5 Å². The summed E-state index contributed by atoms with van der Waals surface area (Å²) in [6, 6.07) is 22.4. The SMILES string of the molecule is CCOc1ccc2[nH]c(C(=O)NN=Cc3ccc(OC(=O)c4cc(Cl)ccc4OC)c(OCC)c3)c(-c3ccccc3Cl)c2c1. The maximum Gasteiger partial charge on any atom is 0.347 e. The minimum Gasteiger partial charge on any atom is -0.496 e. The summed E-state index contributed by atoms with van der Waals surface area (Å²) in [5.74, 6) is 0.367. The number of amides is 1. The first-order valence-electron chi connectivity index (χ1n) is 14.0. The van der Waals surface area contributed by atoms with Crippen molar-refractivity contribution in [1.29, 1.82) is 0 Å². The van der Waals surface area contributed by atoms with Crippen molar-refractivity contribution in [2.24, 2.45) is 5.10 Å². The molecule has 0 saturated heterocycles. The highest BCUT2D eigenvalue weighted by Gasteiger charge is 2.22. The normalized spacial score (nSPS) is 11.0. The molecule has 0 aliphatic carbocycles.